The second-order valence-electron chi connectivity index (χ2n) is 7.46. The first-order valence-corrected chi connectivity index (χ1v) is 11.5. The summed E-state index contributed by atoms with van der Waals surface area (Å²) in [5, 5.41) is 4.82. The van der Waals surface area contributed by atoms with Gasteiger partial charge in [0.05, 0.1) is 17.2 Å². The van der Waals surface area contributed by atoms with Crippen molar-refractivity contribution >= 4 is 40.3 Å². The smallest absolute Gasteiger partial charge is 0.243 e. The highest BCUT2D eigenvalue weighted by molar-refractivity contribution is 7.98. The lowest BCUT2D eigenvalue weighted by Gasteiger charge is -2.22. The molecule has 7 heteroatoms. The Hall–Kier alpha value is -2.05. The largest absolute Gasteiger partial charge is 0.352 e. The molecule has 1 fully saturated rings. The number of pyridine rings is 1. The number of rotatable bonds is 7. The molecule has 29 heavy (non-hydrogen) atoms. The topological polar surface area (TPSA) is 59.8 Å². The molecule has 3 aromatic rings. The lowest BCUT2D eigenvalue weighted by Crippen LogP contribution is -2.38. The fraction of sp³-hybridized carbons (Fsp3) is 0.409. The van der Waals surface area contributed by atoms with Crippen molar-refractivity contribution in [1.82, 2.24) is 19.9 Å². The molecular formula is C22H25ClN4OS. The standard InChI is InChI=1S/C22H25ClN4OS/c1-2-19(21(28)25-17-8-3-4-9-17)27-20-13-24-11-10-18(20)26-22(27)29-14-15-6-5-7-16(23)12-15/h5-7,10-13,17,19H,2-4,8-9,14H2,1H3,(H,25,28)/t19-/m0/s1. The molecule has 4 rings (SSSR count). The quantitative estimate of drug-likeness (QED) is 0.512. The van der Waals surface area contributed by atoms with Gasteiger partial charge in [0.2, 0.25) is 5.91 Å². The molecule has 1 atom stereocenters. The van der Waals surface area contributed by atoms with Crippen molar-refractivity contribution in [2.75, 3.05) is 0 Å². The van der Waals surface area contributed by atoms with E-state index in [1.807, 2.05) is 31.2 Å². The van der Waals surface area contributed by atoms with Gasteiger partial charge < -0.3 is 9.88 Å². The molecule has 0 radical (unpaired) electrons. The van der Waals surface area contributed by atoms with Crippen LogP contribution in [0.4, 0.5) is 0 Å². The molecule has 1 aliphatic rings. The Labute approximate surface area is 180 Å². The van der Waals surface area contributed by atoms with Crippen molar-refractivity contribution in [3.05, 3.63) is 53.3 Å². The second kappa shape index (κ2) is 9.18. The maximum absolute atomic E-state index is 13.1. The van der Waals surface area contributed by atoms with Crippen LogP contribution >= 0.6 is 23.4 Å². The predicted octanol–water partition coefficient (Wildman–Crippen LogP) is 5.39. The number of carbonyl (C=O) groups excluding carboxylic acids is 1. The van der Waals surface area contributed by atoms with E-state index < -0.39 is 0 Å². The summed E-state index contributed by atoms with van der Waals surface area (Å²) in [4.78, 5) is 22.2. The van der Waals surface area contributed by atoms with Crippen LogP contribution in [0.2, 0.25) is 5.02 Å². The van der Waals surface area contributed by atoms with E-state index in [-0.39, 0.29) is 11.9 Å². The van der Waals surface area contributed by atoms with Crippen molar-refractivity contribution in [3.63, 3.8) is 0 Å². The van der Waals surface area contributed by atoms with Crippen LogP contribution in [0.1, 0.15) is 50.6 Å². The molecule has 0 aliphatic heterocycles. The highest BCUT2D eigenvalue weighted by atomic mass is 35.5. The first-order chi connectivity index (χ1) is 14.2. The van der Waals surface area contributed by atoms with Gasteiger partial charge in [-0.15, -0.1) is 0 Å². The molecular weight excluding hydrogens is 404 g/mol. The summed E-state index contributed by atoms with van der Waals surface area (Å²) in [7, 11) is 0. The lowest BCUT2D eigenvalue weighted by molar-refractivity contribution is -0.125. The minimum Gasteiger partial charge on any atom is -0.352 e. The number of nitrogens with one attached hydrogen (secondary N) is 1. The van der Waals surface area contributed by atoms with E-state index in [2.05, 4.69) is 20.9 Å². The molecule has 1 aliphatic carbocycles. The van der Waals surface area contributed by atoms with Gasteiger partial charge in [0.15, 0.2) is 5.16 Å². The van der Waals surface area contributed by atoms with E-state index in [1.165, 1.54) is 12.8 Å². The lowest BCUT2D eigenvalue weighted by atomic mass is 10.1. The molecule has 1 aromatic carbocycles. The summed E-state index contributed by atoms with van der Waals surface area (Å²) >= 11 is 7.75. The maximum atomic E-state index is 13.1. The first-order valence-electron chi connectivity index (χ1n) is 10.1. The summed E-state index contributed by atoms with van der Waals surface area (Å²) in [6, 6.07) is 9.74. The third-order valence-electron chi connectivity index (χ3n) is 5.42. The highest BCUT2D eigenvalue weighted by Gasteiger charge is 2.27. The van der Waals surface area contributed by atoms with Crippen molar-refractivity contribution in [3.8, 4) is 0 Å². The molecule has 152 valence electrons. The fourth-order valence-electron chi connectivity index (χ4n) is 3.95. The summed E-state index contributed by atoms with van der Waals surface area (Å²) < 4.78 is 2.06. The fourth-order valence-corrected chi connectivity index (χ4v) is 5.17. The Bertz CT molecular complexity index is 999. The molecule has 5 nitrogen and oxygen atoms in total. The van der Waals surface area contributed by atoms with E-state index in [0.29, 0.717) is 12.5 Å². The molecule has 2 heterocycles. The van der Waals surface area contributed by atoms with Crippen molar-refractivity contribution in [2.45, 2.75) is 62.0 Å². The molecule has 1 amide bonds. The number of halogens is 1. The van der Waals surface area contributed by atoms with Crippen LogP contribution in [0.25, 0.3) is 11.0 Å². The van der Waals surface area contributed by atoms with E-state index in [9.17, 15) is 4.79 Å². The number of fused-ring (bicyclic) bond motifs is 1. The summed E-state index contributed by atoms with van der Waals surface area (Å²) in [6.45, 7) is 2.05. The van der Waals surface area contributed by atoms with Gasteiger partial charge in [-0.3, -0.25) is 9.78 Å². The maximum Gasteiger partial charge on any atom is 0.243 e. The van der Waals surface area contributed by atoms with Gasteiger partial charge in [-0.05, 0) is 43.0 Å². The number of nitrogens with zero attached hydrogens (tertiary/aromatic N) is 3. The highest BCUT2D eigenvalue weighted by Crippen LogP contribution is 2.32. The average molecular weight is 429 g/mol. The van der Waals surface area contributed by atoms with E-state index in [0.717, 1.165) is 45.4 Å². The monoisotopic (exact) mass is 428 g/mol. The average Bonchev–Trinajstić information content (AvgIpc) is 3.35. The van der Waals surface area contributed by atoms with Gasteiger partial charge in [-0.1, -0.05) is 55.3 Å². The van der Waals surface area contributed by atoms with Crippen molar-refractivity contribution in [2.24, 2.45) is 0 Å². The van der Waals surface area contributed by atoms with E-state index >= 15 is 0 Å². The van der Waals surface area contributed by atoms with Crippen LogP contribution in [0.5, 0.6) is 0 Å². The molecule has 1 N–H and O–H groups in total. The number of thioether (sulfide) groups is 1. The zero-order valence-corrected chi connectivity index (χ0v) is 18.0. The number of amides is 1. The molecule has 2 aromatic heterocycles. The molecule has 0 spiro atoms. The summed E-state index contributed by atoms with van der Waals surface area (Å²) in [5.74, 6) is 0.810. The Morgan fingerprint density at radius 2 is 2.17 bits per heavy atom. The minimum atomic E-state index is -0.299. The Morgan fingerprint density at radius 3 is 2.93 bits per heavy atom. The van der Waals surface area contributed by atoms with Gasteiger partial charge in [-0.25, -0.2) is 4.98 Å². The third-order valence-corrected chi connectivity index (χ3v) is 6.68. The van der Waals surface area contributed by atoms with Crippen LogP contribution < -0.4 is 5.32 Å². The molecule has 0 saturated heterocycles. The second-order valence-corrected chi connectivity index (χ2v) is 8.84. The van der Waals surface area contributed by atoms with Gasteiger partial charge in [0, 0.05) is 23.0 Å². The van der Waals surface area contributed by atoms with Crippen LogP contribution in [0.3, 0.4) is 0 Å². The third kappa shape index (κ3) is 4.59. The number of imidazole rings is 1. The van der Waals surface area contributed by atoms with Crippen LogP contribution in [-0.4, -0.2) is 26.5 Å². The Balaban J connectivity index is 1.63. The molecule has 0 bridgehead atoms. The SMILES string of the molecule is CC[C@@H](C(=O)NC1CCCC1)n1c(SCc2cccc(Cl)c2)nc2ccncc21. The number of hydrogen-bond donors (Lipinski definition) is 1. The number of carbonyl (C=O) groups is 1. The van der Waals surface area contributed by atoms with Crippen molar-refractivity contribution in [1.29, 1.82) is 0 Å². The Kier molecular flexibility index (Phi) is 6.40. The Morgan fingerprint density at radius 1 is 1.34 bits per heavy atom. The van der Waals surface area contributed by atoms with Gasteiger partial charge in [0.1, 0.15) is 6.04 Å². The van der Waals surface area contributed by atoms with Crippen molar-refractivity contribution < 1.29 is 4.79 Å². The molecule has 0 unspecified atom stereocenters. The van der Waals surface area contributed by atoms with Crippen LogP contribution in [0, 0.1) is 0 Å². The number of aromatic nitrogens is 3. The minimum absolute atomic E-state index is 0.0761. The van der Waals surface area contributed by atoms with Gasteiger partial charge >= 0.3 is 0 Å². The normalized spacial score (nSPS) is 15.7. The van der Waals surface area contributed by atoms with Gasteiger partial charge in [-0.2, -0.15) is 0 Å². The summed E-state index contributed by atoms with van der Waals surface area (Å²) in [5.41, 5.74) is 2.89. The van der Waals surface area contributed by atoms with E-state index in [1.54, 1.807) is 24.2 Å². The van der Waals surface area contributed by atoms with E-state index in [4.69, 9.17) is 16.6 Å². The van der Waals surface area contributed by atoms with Crippen LogP contribution in [0.15, 0.2) is 47.9 Å². The molecule has 1 saturated carbocycles. The zero-order valence-electron chi connectivity index (χ0n) is 16.5. The summed E-state index contributed by atoms with van der Waals surface area (Å²) in [6.07, 6.45) is 8.78. The number of hydrogen-bond acceptors (Lipinski definition) is 4. The predicted molar refractivity (Wildman–Crippen MR) is 118 cm³/mol. The zero-order chi connectivity index (χ0) is 20.2. The van der Waals surface area contributed by atoms with Crippen LogP contribution in [-0.2, 0) is 10.5 Å². The first kappa shape index (κ1) is 20.2. The number of benzene rings is 1. The van der Waals surface area contributed by atoms with Gasteiger partial charge in [0.25, 0.3) is 0 Å².